The summed E-state index contributed by atoms with van der Waals surface area (Å²) in [5, 5.41) is 3.72. The van der Waals surface area contributed by atoms with Crippen molar-refractivity contribution in [2.24, 2.45) is 0 Å². The number of hydrogen-bond acceptors (Lipinski definition) is 5. The average Bonchev–Trinajstić information content (AvgIpc) is 2.75. The summed E-state index contributed by atoms with van der Waals surface area (Å²) in [6.45, 7) is 3.32. The normalized spacial score (nSPS) is 15.7. The van der Waals surface area contributed by atoms with Crippen molar-refractivity contribution in [1.29, 1.82) is 0 Å². The average molecular weight is 405 g/mol. The zero-order valence-electron chi connectivity index (χ0n) is 16.1. The molecule has 0 aliphatic carbocycles. The second-order valence-electron chi connectivity index (χ2n) is 6.44. The zero-order valence-corrected chi connectivity index (χ0v) is 16.9. The molecule has 0 saturated carbocycles. The van der Waals surface area contributed by atoms with Crippen molar-refractivity contribution >= 4 is 17.5 Å². The molecule has 0 aromatic heterocycles. The van der Waals surface area contributed by atoms with Crippen LogP contribution in [-0.2, 0) is 4.74 Å². The molecule has 2 aromatic rings. The maximum absolute atomic E-state index is 12.9. The van der Waals surface area contributed by atoms with E-state index in [2.05, 4.69) is 10.2 Å². The zero-order chi connectivity index (χ0) is 19.9. The first-order valence-corrected chi connectivity index (χ1v) is 9.59. The number of nitrogens with zero attached hydrogens (tertiary/aromatic N) is 1. The van der Waals surface area contributed by atoms with Gasteiger partial charge in [-0.25, -0.2) is 0 Å². The van der Waals surface area contributed by atoms with E-state index in [9.17, 15) is 4.79 Å². The van der Waals surface area contributed by atoms with E-state index >= 15 is 0 Å². The molecule has 0 spiro atoms. The van der Waals surface area contributed by atoms with Gasteiger partial charge in [0.1, 0.15) is 0 Å². The Morgan fingerprint density at radius 2 is 1.89 bits per heavy atom. The maximum Gasteiger partial charge on any atom is 0.255 e. The number of hydrogen-bond donors (Lipinski definition) is 1. The Kier molecular flexibility index (Phi) is 7.14. The molecule has 150 valence electrons. The lowest BCUT2D eigenvalue weighted by molar-refractivity contribution is 0.0162. The minimum Gasteiger partial charge on any atom is -0.493 e. The van der Waals surface area contributed by atoms with Crippen LogP contribution in [0.15, 0.2) is 42.5 Å². The minimum absolute atomic E-state index is 0.0434. The third-order valence-electron chi connectivity index (χ3n) is 4.85. The molecule has 1 amide bonds. The SMILES string of the molecule is COc1cccc(C(=O)NCC(c2ccccc2Cl)N2CCOCC2)c1OC. The molecule has 1 saturated heterocycles. The highest BCUT2D eigenvalue weighted by atomic mass is 35.5. The van der Waals surface area contributed by atoms with Gasteiger partial charge in [-0.1, -0.05) is 35.9 Å². The standard InChI is InChI=1S/C21H25ClN2O4/c1-26-19-9-5-7-16(20(19)27-2)21(25)23-14-18(24-10-12-28-13-11-24)15-6-3-4-8-17(15)22/h3-9,18H,10-14H2,1-2H3,(H,23,25). The Morgan fingerprint density at radius 1 is 1.14 bits per heavy atom. The minimum atomic E-state index is -0.221. The fraction of sp³-hybridized carbons (Fsp3) is 0.381. The van der Waals surface area contributed by atoms with Crippen LogP contribution >= 0.6 is 11.6 Å². The van der Waals surface area contributed by atoms with E-state index in [1.165, 1.54) is 7.11 Å². The fourth-order valence-corrected chi connectivity index (χ4v) is 3.68. The predicted molar refractivity (Wildman–Crippen MR) is 108 cm³/mol. The number of morpholine rings is 1. The van der Waals surface area contributed by atoms with Crippen molar-refractivity contribution in [2.45, 2.75) is 6.04 Å². The fourth-order valence-electron chi connectivity index (χ4n) is 3.42. The first kappa shape index (κ1) is 20.5. The smallest absolute Gasteiger partial charge is 0.255 e. The summed E-state index contributed by atoms with van der Waals surface area (Å²) in [5.74, 6) is 0.718. The Balaban J connectivity index is 1.80. The van der Waals surface area contributed by atoms with Gasteiger partial charge in [0.25, 0.3) is 5.91 Å². The number of halogens is 1. The first-order valence-electron chi connectivity index (χ1n) is 9.21. The van der Waals surface area contributed by atoms with Crippen LogP contribution in [0.3, 0.4) is 0 Å². The van der Waals surface area contributed by atoms with E-state index in [4.69, 9.17) is 25.8 Å². The summed E-state index contributed by atoms with van der Waals surface area (Å²) in [4.78, 5) is 15.2. The van der Waals surface area contributed by atoms with Crippen LogP contribution in [0.2, 0.25) is 5.02 Å². The Bertz CT molecular complexity index is 809. The number of benzene rings is 2. The Labute approximate surface area is 170 Å². The quantitative estimate of drug-likeness (QED) is 0.768. The second-order valence-corrected chi connectivity index (χ2v) is 6.84. The highest BCUT2D eigenvalue weighted by molar-refractivity contribution is 6.31. The van der Waals surface area contributed by atoms with Gasteiger partial charge in [-0.2, -0.15) is 0 Å². The van der Waals surface area contributed by atoms with Crippen LogP contribution in [0.4, 0.5) is 0 Å². The van der Waals surface area contributed by atoms with E-state index in [0.29, 0.717) is 41.8 Å². The van der Waals surface area contributed by atoms with Crippen molar-refractivity contribution in [2.75, 3.05) is 47.1 Å². The van der Waals surface area contributed by atoms with E-state index in [1.54, 1.807) is 25.3 Å². The van der Waals surface area contributed by atoms with Gasteiger partial charge in [0.2, 0.25) is 0 Å². The molecule has 1 unspecified atom stereocenters. The van der Waals surface area contributed by atoms with Gasteiger partial charge in [-0.15, -0.1) is 0 Å². The highest BCUT2D eigenvalue weighted by Gasteiger charge is 2.26. The van der Waals surface area contributed by atoms with Crippen LogP contribution in [-0.4, -0.2) is 57.9 Å². The first-order chi connectivity index (χ1) is 13.7. The number of carbonyl (C=O) groups is 1. The molecular formula is C21H25ClN2O4. The molecule has 2 aromatic carbocycles. The molecular weight excluding hydrogens is 380 g/mol. The van der Waals surface area contributed by atoms with Crippen molar-refractivity contribution in [3.63, 3.8) is 0 Å². The van der Waals surface area contributed by atoms with Crippen LogP contribution < -0.4 is 14.8 Å². The van der Waals surface area contributed by atoms with Gasteiger partial charge in [0, 0.05) is 24.7 Å². The summed E-state index contributed by atoms with van der Waals surface area (Å²) in [5.41, 5.74) is 1.42. The van der Waals surface area contributed by atoms with E-state index in [-0.39, 0.29) is 11.9 Å². The van der Waals surface area contributed by atoms with Crippen LogP contribution in [0.1, 0.15) is 22.0 Å². The van der Waals surface area contributed by atoms with Crippen molar-refractivity contribution < 1.29 is 19.0 Å². The number of amides is 1. The van der Waals surface area contributed by atoms with Crippen molar-refractivity contribution in [3.05, 3.63) is 58.6 Å². The Hall–Kier alpha value is -2.28. The molecule has 0 bridgehead atoms. The number of ether oxygens (including phenoxy) is 3. The van der Waals surface area contributed by atoms with E-state index < -0.39 is 0 Å². The molecule has 28 heavy (non-hydrogen) atoms. The highest BCUT2D eigenvalue weighted by Crippen LogP contribution is 2.31. The summed E-state index contributed by atoms with van der Waals surface area (Å²) >= 11 is 6.45. The lowest BCUT2D eigenvalue weighted by Crippen LogP contribution is -2.44. The third-order valence-corrected chi connectivity index (χ3v) is 5.20. The van der Waals surface area contributed by atoms with Crippen LogP contribution in [0.5, 0.6) is 11.5 Å². The number of nitrogens with one attached hydrogen (secondary N) is 1. The lowest BCUT2D eigenvalue weighted by Gasteiger charge is -2.35. The summed E-state index contributed by atoms with van der Waals surface area (Å²) in [6.07, 6.45) is 0. The molecule has 1 heterocycles. The molecule has 0 radical (unpaired) electrons. The van der Waals surface area contributed by atoms with Gasteiger partial charge in [-0.3, -0.25) is 9.69 Å². The molecule has 1 fully saturated rings. The van der Waals surface area contributed by atoms with Crippen LogP contribution in [0.25, 0.3) is 0 Å². The Morgan fingerprint density at radius 3 is 2.57 bits per heavy atom. The van der Waals surface area contributed by atoms with Gasteiger partial charge >= 0.3 is 0 Å². The largest absolute Gasteiger partial charge is 0.493 e. The number of methoxy groups -OCH3 is 2. The molecule has 1 aliphatic rings. The van der Waals surface area contributed by atoms with Gasteiger partial charge in [0.15, 0.2) is 11.5 Å². The lowest BCUT2D eigenvalue weighted by atomic mass is 10.0. The summed E-state index contributed by atoms with van der Waals surface area (Å²) < 4.78 is 16.1. The molecule has 6 nitrogen and oxygen atoms in total. The van der Waals surface area contributed by atoms with Crippen LogP contribution in [0, 0.1) is 0 Å². The third kappa shape index (κ3) is 4.58. The van der Waals surface area contributed by atoms with Crippen molar-refractivity contribution in [3.8, 4) is 11.5 Å². The molecule has 1 aliphatic heterocycles. The number of para-hydroxylation sites is 1. The second kappa shape index (κ2) is 9.78. The molecule has 7 heteroatoms. The van der Waals surface area contributed by atoms with E-state index in [1.807, 2.05) is 24.3 Å². The molecule has 1 N–H and O–H groups in total. The van der Waals surface area contributed by atoms with Gasteiger partial charge < -0.3 is 19.5 Å². The van der Waals surface area contributed by atoms with Crippen molar-refractivity contribution in [1.82, 2.24) is 10.2 Å². The van der Waals surface area contributed by atoms with Gasteiger partial charge in [-0.05, 0) is 23.8 Å². The van der Waals surface area contributed by atoms with E-state index in [0.717, 1.165) is 18.7 Å². The molecule has 3 rings (SSSR count). The monoisotopic (exact) mass is 404 g/mol. The van der Waals surface area contributed by atoms with Gasteiger partial charge in [0.05, 0.1) is 39.0 Å². The number of rotatable bonds is 7. The topological polar surface area (TPSA) is 60.0 Å². The molecule has 1 atom stereocenters. The summed E-state index contributed by atoms with van der Waals surface area (Å²) in [7, 11) is 3.07. The summed E-state index contributed by atoms with van der Waals surface area (Å²) in [6, 6.07) is 12.9. The maximum atomic E-state index is 12.9. The predicted octanol–water partition coefficient (Wildman–Crippen LogP) is 3.16. The number of carbonyl (C=O) groups excluding carboxylic acids is 1.